The molecule has 2 aliphatic carbocycles. The summed E-state index contributed by atoms with van der Waals surface area (Å²) in [5, 5.41) is 9.87. The Morgan fingerprint density at radius 2 is 1.88 bits per heavy atom. The highest BCUT2D eigenvalue weighted by molar-refractivity contribution is 5.42. The Morgan fingerprint density at radius 1 is 1.19 bits per heavy atom. The molecule has 0 spiro atoms. The van der Waals surface area contributed by atoms with Crippen molar-refractivity contribution in [3.8, 4) is 5.75 Å². The standard InChI is InChI=1S/C14H19NO/c15-14(11-7-3-4-8-13(11)16)9-12(14)10-5-1-2-6-10/h3-4,7-8,10,12,16H,1-2,5-6,9,15H2. The van der Waals surface area contributed by atoms with Crippen LogP contribution in [0.1, 0.15) is 37.7 Å². The summed E-state index contributed by atoms with van der Waals surface area (Å²) in [6.07, 6.45) is 6.43. The van der Waals surface area contributed by atoms with Gasteiger partial charge in [0.2, 0.25) is 0 Å². The maximum absolute atomic E-state index is 9.87. The van der Waals surface area contributed by atoms with Gasteiger partial charge in [-0.15, -0.1) is 0 Å². The van der Waals surface area contributed by atoms with Gasteiger partial charge in [-0.3, -0.25) is 0 Å². The first-order chi connectivity index (χ1) is 7.72. The van der Waals surface area contributed by atoms with Crippen LogP contribution in [0.15, 0.2) is 24.3 Å². The molecule has 16 heavy (non-hydrogen) atoms. The lowest BCUT2D eigenvalue weighted by Gasteiger charge is -2.17. The van der Waals surface area contributed by atoms with E-state index < -0.39 is 0 Å². The maximum Gasteiger partial charge on any atom is 0.120 e. The largest absolute Gasteiger partial charge is 0.508 e. The first-order valence-corrected chi connectivity index (χ1v) is 6.29. The monoisotopic (exact) mass is 217 g/mol. The van der Waals surface area contributed by atoms with Gasteiger partial charge in [-0.2, -0.15) is 0 Å². The van der Waals surface area contributed by atoms with E-state index in [1.807, 2.05) is 18.2 Å². The van der Waals surface area contributed by atoms with Crippen molar-refractivity contribution in [1.82, 2.24) is 0 Å². The van der Waals surface area contributed by atoms with Crippen molar-refractivity contribution in [3.63, 3.8) is 0 Å². The van der Waals surface area contributed by atoms with Gasteiger partial charge in [-0.1, -0.05) is 43.9 Å². The Labute approximate surface area is 96.5 Å². The van der Waals surface area contributed by atoms with Crippen LogP contribution < -0.4 is 5.73 Å². The van der Waals surface area contributed by atoms with E-state index in [1.54, 1.807) is 6.07 Å². The summed E-state index contributed by atoms with van der Waals surface area (Å²) < 4.78 is 0. The molecule has 3 N–H and O–H groups in total. The molecule has 0 radical (unpaired) electrons. The first kappa shape index (κ1) is 10.2. The van der Waals surface area contributed by atoms with E-state index in [1.165, 1.54) is 25.7 Å². The maximum atomic E-state index is 9.87. The summed E-state index contributed by atoms with van der Waals surface area (Å²) in [6, 6.07) is 7.54. The molecule has 2 atom stereocenters. The molecule has 0 heterocycles. The van der Waals surface area contributed by atoms with Gasteiger partial charge in [0.1, 0.15) is 5.75 Å². The SMILES string of the molecule is NC1(c2ccccc2O)CC1C1CCCC1. The normalized spacial score (nSPS) is 34.2. The summed E-state index contributed by atoms with van der Waals surface area (Å²) in [6.45, 7) is 0. The molecule has 1 aromatic rings. The molecule has 0 saturated heterocycles. The molecule has 2 saturated carbocycles. The van der Waals surface area contributed by atoms with Gasteiger partial charge in [0.15, 0.2) is 0 Å². The van der Waals surface area contributed by atoms with Crippen molar-refractivity contribution >= 4 is 0 Å². The Hall–Kier alpha value is -1.02. The van der Waals surface area contributed by atoms with Crippen LogP contribution in [0.3, 0.4) is 0 Å². The highest BCUT2D eigenvalue weighted by Gasteiger charge is 2.56. The summed E-state index contributed by atoms with van der Waals surface area (Å²) in [5.74, 6) is 1.76. The van der Waals surface area contributed by atoms with Crippen molar-refractivity contribution < 1.29 is 5.11 Å². The number of phenols is 1. The molecule has 3 rings (SSSR count). The molecule has 2 fully saturated rings. The minimum atomic E-state index is -0.236. The highest BCUT2D eigenvalue weighted by Crippen LogP contribution is 2.58. The molecule has 2 unspecified atom stereocenters. The van der Waals surface area contributed by atoms with E-state index in [0.717, 1.165) is 17.9 Å². The molecule has 2 nitrogen and oxygen atoms in total. The molecule has 86 valence electrons. The fourth-order valence-corrected chi connectivity index (χ4v) is 3.43. The number of rotatable bonds is 2. The predicted octanol–water partition coefficient (Wildman–Crippen LogP) is 2.76. The minimum Gasteiger partial charge on any atom is -0.508 e. The van der Waals surface area contributed by atoms with E-state index >= 15 is 0 Å². The van der Waals surface area contributed by atoms with Gasteiger partial charge in [-0.25, -0.2) is 0 Å². The molecule has 0 amide bonds. The van der Waals surface area contributed by atoms with Crippen molar-refractivity contribution in [2.24, 2.45) is 17.6 Å². The Balaban J connectivity index is 1.83. The third-order valence-corrected chi connectivity index (χ3v) is 4.43. The lowest BCUT2D eigenvalue weighted by Crippen LogP contribution is -2.24. The third-order valence-electron chi connectivity index (χ3n) is 4.43. The van der Waals surface area contributed by atoms with Crippen LogP contribution in [0.5, 0.6) is 5.75 Å². The van der Waals surface area contributed by atoms with Crippen molar-refractivity contribution in [2.75, 3.05) is 0 Å². The van der Waals surface area contributed by atoms with Gasteiger partial charge >= 0.3 is 0 Å². The first-order valence-electron chi connectivity index (χ1n) is 6.29. The summed E-state index contributed by atoms with van der Waals surface area (Å²) >= 11 is 0. The van der Waals surface area contributed by atoms with E-state index in [4.69, 9.17) is 5.73 Å². The number of benzene rings is 1. The summed E-state index contributed by atoms with van der Waals surface area (Å²) in [5.41, 5.74) is 7.15. The van der Waals surface area contributed by atoms with Gasteiger partial charge in [0.25, 0.3) is 0 Å². The number of hydrogen-bond donors (Lipinski definition) is 2. The van der Waals surface area contributed by atoms with Crippen LogP contribution >= 0.6 is 0 Å². The lowest BCUT2D eigenvalue weighted by atomic mass is 9.94. The van der Waals surface area contributed by atoms with Gasteiger partial charge < -0.3 is 10.8 Å². The van der Waals surface area contributed by atoms with E-state index in [9.17, 15) is 5.11 Å². The van der Waals surface area contributed by atoms with Crippen molar-refractivity contribution in [1.29, 1.82) is 0 Å². The fraction of sp³-hybridized carbons (Fsp3) is 0.571. The van der Waals surface area contributed by atoms with Crippen LogP contribution in [-0.2, 0) is 5.54 Å². The molecule has 2 aliphatic rings. The average Bonchev–Trinajstić information content (AvgIpc) is 2.77. The Morgan fingerprint density at radius 3 is 2.56 bits per heavy atom. The summed E-state index contributed by atoms with van der Waals surface area (Å²) in [7, 11) is 0. The molecule has 2 heteroatoms. The number of para-hydroxylation sites is 1. The molecule has 0 bridgehead atoms. The van der Waals surface area contributed by atoms with E-state index in [-0.39, 0.29) is 5.54 Å². The Kier molecular flexibility index (Phi) is 2.21. The zero-order valence-electron chi connectivity index (χ0n) is 9.52. The molecule has 0 aromatic heterocycles. The van der Waals surface area contributed by atoms with Crippen LogP contribution in [0, 0.1) is 11.8 Å². The predicted molar refractivity (Wildman–Crippen MR) is 64.0 cm³/mol. The number of phenolic OH excluding ortho intramolecular Hbond substituents is 1. The average molecular weight is 217 g/mol. The highest BCUT2D eigenvalue weighted by atomic mass is 16.3. The van der Waals surface area contributed by atoms with Crippen LogP contribution in [0.4, 0.5) is 0 Å². The fourth-order valence-electron chi connectivity index (χ4n) is 3.43. The topological polar surface area (TPSA) is 46.2 Å². The summed E-state index contributed by atoms with van der Waals surface area (Å²) in [4.78, 5) is 0. The zero-order chi connectivity index (χ0) is 11.2. The van der Waals surface area contributed by atoms with Crippen LogP contribution in [0.2, 0.25) is 0 Å². The van der Waals surface area contributed by atoms with Gasteiger partial charge in [0, 0.05) is 11.1 Å². The van der Waals surface area contributed by atoms with E-state index in [0.29, 0.717) is 11.7 Å². The van der Waals surface area contributed by atoms with Crippen LogP contribution in [-0.4, -0.2) is 5.11 Å². The van der Waals surface area contributed by atoms with E-state index in [2.05, 4.69) is 0 Å². The smallest absolute Gasteiger partial charge is 0.120 e. The number of aromatic hydroxyl groups is 1. The molecular weight excluding hydrogens is 198 g/mol. The molecular formula is C14H19NO. The number of nitrogens with two attached hydrogens (primary N) is 1. The third kappa shape index (κ3) is 1.44. The Bertz CT molecular complexity index is 397. The second-order valence-electron chi connectivity index (χ2n) is 5.41. The zero-order valence-corrected chi connectivity index (χ0v) is 9.52. The second-order valence-corrected chi connectivity index (χ2v) is 5.41. The minimum absolute atomic E-state index is 0.236. The second kappa shape index (κ2) is 3.49. The van der Waals surface area contributed by atoms with Gasteiger partial charge in [-0.05, 0) is 24.3 Å². The molecule has 1 aromatic carbocycles. The quantitative estimate of drug-likeness (QED) is 0.800. The number of hydrogen-bond acceptors (Lipinski definition) is 2. The van der Waals surface area contributed by atoms with Crippen molar-refractivity contribution in [2.45, 2.75) is 37.6 Å². The van der Waals surface area contributed by atoms with Crippen molar-refractivity contribution in [3.05, 3.63) is 29.8 Å². The van der Waals surface area contributed by atoms with Crippen LogP contribution in [0.25, 0.3) is 0 Å². The molecule has 0 aliphatic heterocycles. The van der Waals surface area contributed by atoms with Gasteiger partial charge in [0.05, 0.1) is 0 Å². The lowest BCUT2D eigenvalue weighted by molar-refractivity contribution is 0.411.